The third kappa shape index (κ3) is 2.20. The van der Waals surface area contributed by atoms with Crippen molar-refractivity contribution in [1.29, 1.82) is 5.26 Å². The largest absolute Gasteiger partial charge is 0.478 e. The molecule has 0 saturated heterocycles. The van der Waals surface area contributed by atoms with Gasteiger partial charge in [0.05, 0.1) is 17.2 Å². The molecule has 18 heavy (non-hydrogen) atoms. The molecule has 0 atom stereocenters. The highest BCUT2D eigenvalue weighted by Crippen LogP contribution is 2.24. The van der Waals surface area contributed by atoms with Gasteiger partial charge in [-0.3, -0.25) is 0 Å². The highest BCUT2D eigenvalue weighted by molar-refractivity contribution is 5.88. The van der Waals surface area contributed by atoms with Crippen LogP contribution in [0.4, 0.5) is 4.39 Å². The minimum atomic E-state index is -1.17. The molecule has 0 unspecified atom stereocenters. The fraction of sp³-hybridized carbons (Fsp3) is 0. The third-order valence-corrected chi connectivity index (χ3v) is 2.52. The van der Waals surface area contributed by atoms with E-state index < -0.39 is 11.8 Å². The summed E-state index contributed by atoms with van der Waals surface area (Å²) in [6.07, 6.45) is 0. The van der Waals surface area contributed by atoms with Gasteiger partial charge in [-0.25, -0.2) is 9.18 Å². The second-order valence-corrected chi connectivity index (χ2v) is 3.69. The Morgan fingerprint density at radius 1 is 1.22 bits per heavy atom. The van der Waals surface area contributed by atoms with Crippen molar-refractivity contribution in [3.05, 3.63) is 59.4 Å². The Balaban J connectivity index is 2.51. The summed E-state index contributed by atoms with van der Waals surface area (Å²) < 4.78 is 13.8. The van der Waals surface area contributed by atoms with E-state index in [2.05, 4.69) is 0 Å². The Bertz CT molecular complexity index is 659. The van der Waals surface area contributed by atoms with Gasteiger partial charge in [0.25, 0.3) is 0 Å². The lowest BCUT2D eigenvalue weighted by atomic mass is 10.0. The normalized spacial score (nSPS) is 9.78. The zero-order chi connectivity index (χ0) is 13.1. The summed E-state index contributed by atoms with van der Waals surface area (Å²) in [4.78, 5) is 10.7. The van der Waals surface area contributed by atoms with Crippen molar-refractivity contribution in [3.63, 3.8) is 0 Å². The van der Waals surface area contributed by atoms with E-state index in [4.69, 9.17) is 10.4 Å². The van der Waals surface area contributed by atoms with Crippen LogP contribution in [0.3, 0.4) is 0 Å². The smallest absolute Gasteiger partial charge is 0.335 e. The number of hydrogen-bond donors (Lipinski definition) is 1. The lowest BCUT2D eigenvalue weighted by Gasteiger charge is -2.04. The molecular weight excluding hydrogens is 233 g/mol. The zero-order valence-electron chi connectivity index (χ0n) is 9.22. The molecule has 4 heteroatoms. The number of rotatable bonds is 2. The first kappa shape index (κ1) is 11.8. The molecule has 88 valence electrons. The summed E-state index contributed by atoms with van der Waals surface area (Å²) in [5, 5.41) is 17.5. The minimum Gasteiger partial charge on any atom is -0.478 e. The van der Waals surface area contributed by atoms with Gasteiger partial charge in [-0.05, 0) is 29.8 Å². The van der Waals surface area contributed by atoms with Crippen molar-refractivity contribution in [2.45, 2.75) is 0 Å². The molecule has 0 fully saturated rings. The number of halogens is 1. The molecule has 1 N–H and O–H groups in total. The molecule has 3 nitrogen and oxygen atoms in total. The van der Waals surface area contributed by atoms with Gasteiger partial charge in [-0.15, -0.1) is 0 Å². The SMILES string of the molecule is N#Cc1cccc(-c2ccc(C(=O)O)cc2F)c1. The molecule has 0 aliphatic carbocycles. The molecule has 0 radical (unpaired) electrons. The number of benzene rings is 2. The quantitative estimate of drug-likeness (QED) is 0.878. The fourth-order valence-corrected chi connectivity index (χ4v) is 1.64. The Hall–Kier alpha value is -2.67. The van der Waals surface area contributed by atoms with Crippen molar-refractivity contribution >= 4 is 5.97 Å². The number of aromatic carboxylic acids is 1. The molecule has 2 rings (SSSR count). The van der Waals surface area contributed by atoms with Crippen molar-refractivity contribution in [3.8, 4) is 17.2 Å². The first-order chi connectivity index (χ1) is 8.61. The first-order valence-corrected chi connectivity index (χ1v) is 5.15. The van der Waals surface area contributed by atoms with Crippen LogP contribution < -0.4 is 0 Å². The summed E-state index contributed by atoms with van der Waals surface area (Å²) in [5.41, 5.74) is 1.14. The first-order valence-electron chi connectivity index (χ1n) is 5.15. The minimum absolute atomic E-state index is 0.104. The number of nitrogens with zero attached hydrogens (tertiary/aromatic N) is 1. The van der Waals surface area contributed by atoms with Gasteiger partial charge in [0.1, 0.15) is 5.82 Å². The number of carboxylic acid groups (broad SMARTS) is 1. The van der Waals surface area contributed by atoms with E-state index in [0.29, 0.717) is 11.1 Å². The van der Waals surface area contributed by atoms with E-state index in [1.165, 1.54) is 12.1 Å². The highest BCUT2D eigenvalue weighted by Gasteiger charge is 2.10. The van der Waals surface area contributed by atoms with Gasteiger partial charge in [-0.1, -0.05) is 18.2 Å². The van der Waals surface area contributed by atoms with Crippen LogP contribution in [0.25, 0.3) is 11.1 Å². The van der Waals surface area contributed by atoms with Crippen LogP contribution in [0.2, 0.25) is 0 Å². The average Bonchev–Trinajstić information content (AvgIpc) is 2.38. The van der Waals surface area contributed by atoms with Crippen molar-refractivity contribution in [2.75, 3.05) is 0 Å². The van der Waals surface area contributed by atoms with Crippen LogP contribution >= 0.6 is 0 Å². The summed E-state index contributed by atoms with van der Waals surface area (Å²) in [7, 11) is 0. The predicted octanol–water partition coefficient (Wildman–Crippen LogP) is 3.06. The second kappa shape index (κ2) is 4.68. The van der Waals surface area contributed by atoms with Gasteiger partial charge < -0.3 is 5.11 Å². The lowest BCUT2D eigenvalue weighted by molar-refractivity contribution is 0.0696. The molecule has 0 saturated carbocycles. The van der Waals surface area contributed by atoms with Gasteiger partial charge >= 0.3 is 5.97 Å². The van der Waals surface area contributed by atoms with Crippen LogP contribution in [0, 0.1) is 17.1 Å². The molecule has 0 heterocycles. The average molecular weight is 241 g/mol. The number of nitriles is 1. The van der Waals surface area contributed by atoms with Crippen molar-refractivity contribution < 1.29 is 14.3 Å². The maximum absolute atomic E-state index is 13.8. The molecule has 2 aromatic carbocycles. The third-order valence-electron chi connectivity index (χ3n) is 2.52. The molecule has 0 bridgehead atoms. The van der Waals surface area contributed by atoms with E-state index in [1.807, 2.05) is 6.07 Å². The molecule has 0 aliphatic rings. The summed E-state index contributed by atoms with van der Waals surface area (Å²) in [6, 6.07) is 12.2. The number of carboxylic acids is 1. The monoisotopic (exact) mass is 241 g/mol. The molecular formula is C14H8FNO2. The van der Waals surface area contributed by atoms with Crippen LogP contribution in [-0.4, -0.2) is 11.1 Å². The summed E-state index contributed by atoms with van der Waals surface area (Å²) in [5.74, 6) is -1.80. The molecule has 0 amide bonds. The Morgan fingerprint density at radius 2 is 2.00 bits per heavy atom. The molecule has 0 spiro atoms. The van der Waals surface area contributed by atoms with E-state index in [9.17, 15) is 9.18 Å². The highest BCUT2D eigenvalue weighted by atomic mass is 19.1. The molecule has 2 aromatic rings. The standard InChI is InChI=1S/C14H8FNO2/c15-13-7-11(14(17)18)4-5-12(13)10-3-1-2-9(6-10)8-16/h1-7H,(H,17,18). The molecule has 0 aliphatic heterocycles. The van der Waals surface area contributed by atoms with E-state index >= 15 is 0 Å². The van der Waals surface area contributed by atoms with Crippen molar-refractivity contribution in [1.82, 2.24) is 0 Å². The zero-order valence-corrected chi connectivity index (χ0v) is 9.22. The Morgan fingerprint density at radius 3 is 2.61 bits per heavy atom. The van der Waals surface area contributed by atoms with Crippen molar-refractivity contribution in [2.24, 2.45) is 0 Å². The summed E-state index contributed by atoms with van der Waals surface area (Å²) in [6.45, 7) is 0. The predicted molar refractivity (Wildman–Crippen MR) is 63.5 cm³/mol. The topological polar surface area (TPSA) is 61.1 Å². The number of hydrogen-bond acceptors (Lipinski definition) is 2. The Labute approximate surface area is 103 Å². The van der Waals surface area contributed by atoms with E-state index in [-0.39, 0.29) is 11.1 Å². The fourth-order valence-electron chi connectivity index (χ4n) is 1.64. The lowest BCUT2D eigenvalue weighted by Crippen LogP contribution is -1.97. The van der Waals surface area contributed by atoms with E-state index in [1.54, 1.807) is 24.3 Å². The van der Waals surface area contributed by atoms with Crippen LogP contribution in [0.15, 0.2) is 42.5 Å². The maximum Gasteiger partial charge on any atom is 0.335 e. The van der Waals surface area contributed by atoms with Gasteiger partial charge in [0.15, 0.2) is 0 Å². The number of carbonyl (C=O) groups is 1. The van der Waals surface area contributed by atoms with Gasteiger partial charge in [0, 0.05) is 5.56 Å². The maximum atomic E-state index is 13.8. The second-order valence-electron chi connectivity index (χ2n) is 3.69. The van der Waals surface area contributed by atoms with Crippen LogP contribution in [0.5, 0.6) is 0 Å². The van der Waals surface area contributed by atoms with E-state index in [0.717, 1.165) is 6.07 Å². The Kier molecular flexibility index (Phi) is 3.07. The summed E-state index contributed by atoms with van der Waals surface area (Å²) >= 11 is 0. The van der Waals surface area contributed by atoms with Gasteiger partial charge in [0.2, 0.25) is 0 Å². The van der Waals surface area contributed by atoms with Gasteiger partial charge in [-0.2, -0.15) is 5.26 Å². The van der Waals surface area contributed by atoms with Crippen LogP contribution in [-0.2, 0) is 0 Å². The van der Waals surface area contributed by atoms with Crippen LogP contribution in [0.1, 0.15) is 15.9 Å². The molecule has 0 aromatic heterocycles.